The first-order valence-corrected chi connectivity index (χ1v) is 9.99. The third kappa shape index (κ3) is 4.52. The Labute approximate surface area is 175 Å². The number of ketones is 1. The summed E-state index contributed by atoms with van der Waals surface area (Å²) in [6.45, 7) is 3.20. The van der Waals surface area contributed by atoms with Gasteiger partial charge in [-0.25, -0.2) is 0 Å². The SMILES string of the molecule is CCCCOc1ccc(C(O)=C2C(=O)C(=O)N(CCOC)[C@H]2c2cccnc2)cc1. The van der Waals surface area contributed by atoms with Crippen molar-refractivity contribution in [2.75, 3.05) is 26.9 Å². The molecule has 0 bridgehead atoms. The zero-order chi connectivity index (χ0) is 21.5. The summed E-state index contributed by atoms with van der Waals surface area (Å²) in [7, 11) is 1.53. The van der Waals surface area contributed by atoms with E-state index >= 15 is 0 Å². The van der Waals surface area contributed by atoms with Crippen molar-refractivity contribution in [3.8, 4) is 5.75 Å². The van der Waals surface area contributed by atoms with Crippen LogP contribution in [-0.4, -0.2) is 53.5 Å². The van der Waals surface area contributed by atoms with Gasteiger partial charge in [0, 0.05) is 31.6 Å². The molecule has 1 aliphatic rings. The van der Waals surface area contributed by atoms with E-state index in [0.717, 1.165) is 12.8 Å². The minimum absolute atomic E-state index is 0.0451. The maximum Gasteiger partial charge on any atom is 0.295 e. The molecule has 158 valence electrons. The molecule has 1 fully saturated rings. The van der Waals surface area contributed by atoms with Gasteiger partial charge in [-0.1, -0.05) is 19.4 Å². The molecule has 7 nitrogen and oxygen atoms in total. The summed E-state index contributed by atoms with van der Waals surface area (Å²) in [4.78, 5) is 31.0. The molecule has 0 radical (unpaired) electrons. The molecule has 2 aromatic rings. The molecule has 0 aliphatic carbocycles. The van der Waals surface area contributed by atoms with Crippen molar-refractivity contribution < 1.29 is 24.2 Å². The lowest BCUT2D eigenvalue weighted by molar-refractivity contribution is -0.140. The summed E-state index contributed by atoms with van der Waals surface area (Å²) in [5.74, 6) is -0.922. The number of hydrogen-bond donors (Lipinski definition) is 1. The van der Waals surface area contributed by atoms with Gasteiger partial charge in [0.1, 0.15) is 11.5 Å². The third-order valence-electron chi connectivity index (χ3n) is 4.97. The van der Waals surface area contributed by atoms with E-state index in [9.17, 15) is 14.7 Å². The van der Waals surface area contributed by atoms with Gasteiger partial charge in [-0.05, 0) is 42.3 Å². The standard InChI is InChI=1S/C23H26N2O5/c1-3-4-13-30-18-9-7-16(8-10-18)21(26)19-20(17-6-5-11-24-15-17)25(12-14-29-2)23(28)22(19)27/h5-11,15,20,26H,3-4,12-14H2,1-2H3/t20-/m0/s1. The molecule has 3 rings (SSSR count). The molecule has 1 amide bonds. The van der Waals surface area contributed by atoms with E-state index in [-0.39, 0.29) is 24.5 Å². The molecule has 1 atom stereocenters. The molecular weight excluding hydrogens is 384 g/mol. The van der Waals surface area contributed by atoms with Crippen LogP contribution in [0.1, 0.15) is 36.9 Å². The van der Waals surface area contributed by atoms with Crippen LogP contribution >= 0.6 is 0 Å². The summed E-state index contributed by atoms with van der Waals surface area (Å²) in [5, 5.41) is 11.0. The predicted molar refractivity (Wildman–Crippen MR) is 112 cm³/mol. The van der Waals surface area contributed by atoms with E-state index in [1.165, 1.54) is 12.0 Å². The third-order valence-corrected chi connectivity index (χ3v) is 4.97. The molecule has 0 spiro atoms. The van der Waals surface area contributed by atoms with Crippen LogP contribution in [0.3, 0.4) is 0 Å². The fraction of sp³-hybridized carbons (Fsp3) is 0.348. The highest BCUT2D eigenvalue weighted by Crippen LogP contribution is 2.39. The van der Waals surface area contributed by atoms with E-state index in [1.807, 2.05) is 0 Å². The van der Waals surface area contributed by atoms with Crippen molar-refractivity contribution in [1.29, 1.82) is 0 Å². The van der Waals surface area contributed by atoms with Crippen LogP contribution in [0.25, 0.3) is 5.76 Å². The van der Waals surface area contributed by atoms with Crippen LogP contribution in [0, 0.1) is 0 Å². The number of Topliss-reactive ketones (excluding diaryl/α,β-unsaturated/α-hetero) is 1. The average Bonchev–Trinajstić information content (AvgIpc) is 3.03. The molecule has 1 aromatic heterocycles. The largest absolute Gasteiger partial charge is 0.507 e. The quantitative estimate of drug-likeness (QED) is 0.295. The molecular formula is C23H26N2O5. The topological polar surface area (TPSA) is 89.0 Å². The number of rotatable bonds is 9. The Morgan fingerprint density at radius 2 is 1.93 bits per heavy atom. The fourth-order valence-corrected chi connectivity index (χ4v) is 3.38. The van der Waals surface area contributed by atoms with Gasteiger partial charge in [0.05, 0.1) is 24.8 Å². The highest BCUT2D eigenvalue weighted by atomic mass is 16.5. The zero-order valence-corrected chi connectivity index (χ0v) is 17.2. The number of aliphatic hydroxyl groups is 1. The molecule has 1 aliphatic heterocycles. The van der Waals surface area contributed by atoms with Crippen LogP contribution < -0.4 is 4.74 Å². The highest BCUT2D eigenvalue weighted by molar-refractivity contribution is 6.46. The van der Waals surface area contributed by atoms with Crippen LogP contribution in [0.5, 0.6) is 5.75 Å². The first-order chi connectivity index (χ1) is 14.6. The van der Waals surface area contributed by atoms with Crippen molar-refractivity contribution in [3.63, 3.8) is 0 Å². The van der Waals surface area contributed by atoms with Gasteiger partial charge >= 0.3 is 0 Å². The highest BCUT2D eigenvalue weighted by Gasteiger charge is 2.45. The minimum Gasteiger partial charge on any atom is -0.507 e. The van der Waals surface area contributed by atoms with Crippen molar-refractivity contribution in [2.24, 2.45) is 0 Å². The Balaban J connectivity index is 1.98. The number of carbonyl (C=O) groups excluding carboxylic acids is 2. The smallest absolute Gasteiger partial charge is 0.295 e. The predicted octanol–water partition coefficient (Wildman–Crippen LogP) is 3.33. The molecule has 0 saturated carbocycles. The molecule has 2 heterocycles. The van der Waals surface area contributed by atoms with Crippen LogP contribution in [0.15, 0.2) is 54.4 Å². The van der Waals surface area contributed by atoms with Crippen molar-refractivity contribution in [3.05, 3.63) is 65.5 Å². The first kappa shape index (κ1) is 21.5. The van der Waals surface area contributed by atoms with E-state index in [4.69, 9.17) is 9.47 Å². The number of aliphatic hydroxyl groups excluding tert-OH is 1. The Hall–Kier alpha value is -3.19. The van der Waals surface area contributed by atoms with Gasteiger partial charge in [-0.3, -0.25) is 14.6 Å². The van der Waals surface area contributed by atoms with Gasteiger partial charge in [-0.2, -0.15) is 0 Å². The second-order valence-corrected chi connectivity index (χ2v) is 7.00. The molecule has 7 heteroatoms. The Bertz CT molecular complexity index is 909. The normalized spacial score (nSPS) is 18.1. The van der Waals surface area contributed by atoms with Crippen LogP contribution in [0.4, 0.5) is 0 Å². The molecule has 1 saturated heterocycles. The lowest BCUT2D eigenvalue weighted by Gasteiger charge is -2.24. The molecule has 1 N–H and O–H groups in total. The van der Waals surface area contributed by atoms with Gasteiger partial charge in [-0.15, -0.1) is 0 Å². The van der Waals surface area contributed by atoms with E-state index < -0.39 is 17.7 Å². The fourth-order valence-electron chi connectivity index (χ4n) is 3.38. The number of ether oxygens (including phenoxy) is 2. The van der Waals surface area contributed by atoms with Gasteiger partial charge < -0.3 is 19.5 Å². The van der Waals surface area contributed by atoms with E-state index in [1.54, 1.807) is 48.8 Å². The molecule has 0 unspecified atom stereocenters. The van der Waals surface area contributed by atoms with E-state index in [2.05, 4.69) is 11.9 Å². The van der Waals surface area contributed by atoms with Crippen LogP contribution in [0.2, 0.25) is 0 Å². The number of methoxy groups -OCH3 is 1. The monoisotopic (exact) mass is 410 g/mol. The maximum atomic E-state index is 12.8. The summed E-state index contributed by atoms with van der Waals surface area (Å²) >= 11 is 0. The number of amides is 1. The van der Waals surface area contributed by atoms with E-state index in [0.29, 0.717) is 23.5 Å². The Morgan fingerprint density at radius 1 is 1.17 bits per heavy atom. The van der Waals surface area contributed by atoms with Gasteiger partial charge in [0.25, 0.3) is 11.7 Å². The van der Waals surface area contributed by atoms with Crippen molar-refractivity contribution >= 4 is 17.4 Å². The number of hydrogen-bond acceptors (Lipinski definition) is 6. The first-order valence-electron chi connectivity index (χ1n) is 9.99. The summed E-state index contributed by atoms with van der Waals surface area (Å²) in [5.41, 5.74) is 1.13. The minimum atomic E-state index is -0.727. The summed E-state index contributed by atoms with van der Waals surface area (Å²) in [6, 6.07) is 9.62. The average molecular weight is 410 g/mol. The number of pyridine rings is 1. The molecule has 1 aromatic carbocycles. The second-order valence-electron chi connectivity index (χ2n) is 7.00. The maximum absolute atomic E-state index is 12.8. The molecule has 30 heavy (non-hydrogen) atoms. The lowest BCUT2D eigenvalue weighted by atomic mass is 9.96. The lowest BCUT2D eigenvalue weighted by Crippen LogP contribution is -2.32. The van der Waals surface area contributed by atoms with Crippen LogP contribution in [-0.2, 0) is 14.3 Å². The number of nitrogens with zero attached hydrogens (tertiary/aromatic N) is 2. The second kappa shape index (κ2) is 10.0. The number of aromatic nitrogens is 1. The Kier molecular flexibility index (Phi) is 7.19. The summed E-state index contributed by atoms with van der Waals surface area (Å²) in [6.07, 6.45) is 5.20. The van der Waals surface area contributed by atoms with Gasteiger partial charge in [0.15, 0.2) is 0 Å². The van der Waals surface area contributed by atoms with Crippen molar-refractivity contribution in [1.82, 2.24) is 9.88 Å². The Morgan fingerprint density at radius 3 is 2.57 bits per heavy atom. The van der Waals surface area contributed by atoms with Crippen molar-refractivity contribution in [2.45, 2.75) is 25.8 Å². The number of benzene rings is 1. The number of carbonyl (C=O) groups is 2. The summed E-state index contributed by atoms with van der Waals surface area (Å²) < 4.78 is 10.7. The van der Waals surface area contributed by atoms with Gasteiger partial charge in [0.2, 0.25) is 0 Å². The number of unbranched alkanes of at least 4 members (excludes halogenated alkanes) is 1. The zero-order valence-electron chi connectivity index (χ0n) is 17.2. The number of likely N-dealkylation sites (tertiary alicyclic amines) is 1.